The first-order valence-corrected chi connectivity index (χ1v) is 6.21. The van der Waals surface area contributed by atoms with Gasteiger partial charge in [0.25, 0.3) is 0 Å². The molecule has 2 fully saturated rings. The Morgan fingerprint density at radius 2 is 1.71 bits per heavy atom. The van der Waals surface area contributed by atoms with Gasteiger partial charge in [0.15, 0.2) is 7.98 Å². The molecule has 1 unspecified atom stereocenters. The van der Waals surface area contributed by atoms with E-state index in [4.69, 9.17) is 0 Å². The molecule has 1 spiro atoms. The first-order chi connectivity index (χ1) is 6.75. The summed E-state index contributed by atoms with van der Waals surface area (Å²) in [7, 11) is 2.30. The van der Waals surface area contributed by atoms with E-state index in [1.165, 1.54) is 51.5 Å². The maximum atomic E-state index is 3.60. The molecule has 3 heteroatoms. The van der Waals surface area contributed by atoms with Crippen LogP contribution in [0.5, 0.6) is 0 Å². The highest BCUT2D eigenvalue weighted by Crippen LogP contribution is 2.34. The summed E-state index contributed by atoms with van der Waals surface area (Å²) in [6.45, 7) is 3.50. The normalized spacial score (nSPS) is 34.2. The molecule has 1 aliphatic carbocycles. The van der Waals surface area contributed by atoms with Crippen molar-refractivity contribution in [3.05, 3.63) is 0 Å². The lowest BCUT2D eigenvalue weighted by molar-refractivity contribution is 0.180. The van der Waals surface area contributed by atoms with Gasteiger partial charge in [0.2, 0.25) is 0 Å². The molecule has 80 valence electrons. The minimum atomic E-state index is 0.500. The van der Waals surface area contributed by atoms with Crippen molar-refractivity contribution in [3.63, 3.8) is 0 Å². The average Bonchev–Trinajstić information content (AvgIpc) is 2.41. The molecule has 0 bridgehead atoms. The maximum Gasteiger partial charge on any atom is 0.188 e. The third kappa shape index (κ3) is 1.85. The number of nitrogens with one attached hydrogen (secondary N) is 1. The van der Waals surface area contributed by atoms with Crippen LogP contribution in [0, 0.1) is 0 Å². The molecule has 1 atom stereocenters. The second kappa shape index (κ2) is 4.24. The summed E-state index contributed by atoms with van der Waals surface area (Å²) in [5, 5.41) is 3.60. The van der Waals surface area contributed by atoms with Gasteiger partial charge in [-0.25, -0.2) is 0 Å². The summed E-state index contributed by atoms with van der Waals surface area (Å²) in [6, 6.07) is 0. The predicted molar refractivity (Wildman–Crippen MR) is 62.9 cm³/mol. The molecule has 1 N–H and O–H groups in total. The van der Waals surface area contributed by atoms with Gasteiger partial charge in [-0.3, -0.25) is 0 Å². The molecule has 0 aromatic carbocycles. The van der Waals surface area contributed by atoms with E-state index >= 15 is 0 Å². The van der Waals surface area contributed by atoms with Gasteiger partial charge in [0.05, 0.1) is 0 Å². The van der Waals surface area contributed by atoms with E-state index in [1.807, 2.05) is 0 Å². The molecule has 2 nitrogen and oxygen atoms in total. The molecule has 0 amide bonds. The highest BCUT2D eigenvalue weighted by molar-refractivity contribution is 6.05. The summed E-state index contributed by atoms with van der Waals surface area (Å²) >= 11 is 0. The number of hydrogen-bond donors (Lipinski definition) is 1. The van der Waals surface area contributed by atoms with Crippen LogP contribution < -0.4 is 5.32 Å². The molecule has 2 aliphatic rings. The Bertz CT molecular complexity index is 188. The smallest absolute Gasteiger partial charge is 0.188 e. The second-order valence-corrected chi connectivity index (χ2v) is 5.16. The maximum absolute atomic E-state index is 3.60. The van der Waals surface area contributed by atoms with Crippen LogP contribution in [0.15, 0.2) is 0 Å². The van der Waals surface area contributed by atoms with Gasteiger partial charge in [-0.1, -0.05) is 32.1 Å². The molecule has 1 saturated heterocycles. The third-order valence-corrected chi connectivity index (χ3v) is 4.34. The zero-order chi connectivity index (χ0) is 10.0. The zero-order valence-corrected chi connectivity index (χ0v) is 9.68. The predicted octanol–water partition coefficient (Wildman–Crippen LogP) is 1.27. The average molecular weight is 194 g/mol. The van der Waals surface area contributed by atoms with E-state index in [0.717, 1.165) is 0 Å². The highest BCUT2D eigenvalue weighted by atomic mass is 15.3. The minimum Gasteiger partial charge on any atom is -0.329 e. The van der Waals surface area contributed by atoms with Crippen molar-refractivity contribution < 1.29 is 0 Å². The van der Waals surface area contributed by atoms with Crippen molar-refractivity contribution in [2.75, 3.05) is 6.54 Å². The summed E-state index contributed by atoms with van der Waals surface area (Å²) in [4.78, 5) is 2.58. The van der Waals surface area contributed by atoms with Gasteiger partial charge < -0.3 is 10.1 Å². The van der Waals surface area contributed by atoms with E-state index in [-0.39, 0.29) is 0 Å². The fourth-order valence-electron chi connectivity index (χ4n) is 3.10. The Balaban J connectivity index is 2.04. The van der Waals surface area contributed by atoms with Crippen molar-refractivity contribution >= 4 is 7.98 Å². The molecular weight excluding hydrogens is 171 g/mol. The molecule has 1 saturated carbocycles. The van der Waals surface area contributed by atoms with Gasteiger partial charge in [0, 0.05) is 18.2 Å². The lowest BCUT2D eigenvalue weighted by Crippen LogP contribution is -2.47. The van der Waals surface area contributed by atoms with Crippen LogP contribution >= 0.6 is 0 Å². The molecule has 14 heavy (non-hydrogen) atoms. The standard InChI is InChI=1S/C11H23BN2/c1-10-13-9-11(14(10)12)7-5-3-2-4-6-8-11/h10,13H,2-9,12H2,1H3. The SMILES string of the molecule is BN1C(C)NCC12CCCCCCC2. The Kier molecular flexibility index (Phi) is 3.18. The van der Waals surface area contributed by atoms with Gasteiger partial charge in [-0.15, -0.1) is 0 Å². The first-order valence-electron chi connectivity index (χ1n) is 6.21. The highest BCUT2D eigenvalue weighted by Gasteiger charge is 2.40. The fraction of sp³-hybridized carbons (Fsp3) is 1.00. The quantitative estimate of drug-likeness (QED) is 0.584. The van der Waals surface area contributed by atoms with Gasteiger partial charge in [-0.2, -0.15) is 0 Å². The lowest BCUT2D eigenvalue weighted by atomic mass is 9.82. The third-order valence-electron chi connectivity index (χ3n) is 4.34. The monoisotopic (exact) mass is 194 g/mol. The molecule has 1 heterocycles. The van der Waals surface area contributed by atoms with Crippen molar-refractivity contribution in [3.8, 4) is 0 Å². The number of hydrogen-bond acceptors (Lipinski definition) is 2. The van der Waals surface area contributed by atoms with Crippen LogP contribution in [0.4, 0.5) is 0 Å². The van der Waals surface area contributed by atoms with Crippen molar-refractivity contribution in [2.24, 2.45) is 0 Å². The summed E-state index contributed by atoms with van der Waals surface area (Å²) < 4.78 is 0. The number of nitrogens with zero attached hydrogens (tertiary/aromatic N) is 1. The minimum absolute atomic E-state index is 0.500. The van der Waals surface area contributed by atoms with Crippen molar-refractivity contribution in [1.82, 2.24) is 10.1 Å². The molecule has 1 aliphatic heterocycles. The largest absolute Gasteiger partial charge is 0.329 e. The lowest BCUT2D eigenvalue weighted by Gasteiger charge is -2.39. The van der Waals surface area contributed by atoms with Gasteiger partial charge in [0.1, 0.15) is 0 Å². The van der Waals surface area contributed by atoms with Gasteiger partial charge >= 0.3 is 0 Å². The number of rotatable bonds is 0. The molecule has 0 radical (unpaired) electrons. The van der Waals surface area contributed by atoms with Crippen LogP contribution in [-0.2, 0) is 0 Å². The Hall–Kier alpha value is -0.0151. The van der Waals surface area contributed by atoms with Crippen LogP contribution in [0.1, 0.15) is 51.9 Å². The summed E-state index contributed by atoms with van der Waals surface area (Å²) in [6.07, 6.45) is 10.6. The second-order valence-electron chi connectivity index (χ2n) is 5.16. The molecular formula is C11H23BN2. The van der Waals surface area contributed by atoms with Crippen LogP contribution in [0.2, 0.25) is 0 Å². The van der Waals surface area contributed by atoms with Crippen LogP contribution in [0.3, 0.4) is 0 Å². The molecule has 0 aromatic heterocycles. The molecule has 2 rings (SSSR count). The van der Waals surface area contributed by atoms with Crippen LogP contribution in [-0.4, -0.2) is 31.0 Å². The van der Waals surface area contributed by atoms with E-state index < -0.39 is 0 Å². The van der Waals surface area contributed by atoms with Crippen LogP contribution in [0.25, 0.3) is 0 Å². The summed E-state index contributed by atoms with van der Waals surface area (Å²) in [5.74, 6) is 0. The topological polar surface area (TPSA) is 15.3 Å². The zero-order valence-electron chi connectivity index (χ0n) is 9.68. The van der Waals surface area contributed by atoms with E-state index in [1.54, 1.807) is 0 Å². The molecule has 0 aromatic rings. The Morgan fingerprint density at radius 3 is 2.21 bits per heavy atom. The van der Waals surface area contributed by atoms with E-state index in [9.17, 15) is 0 Å². The Labute approximate surface area is 88.9 Å². The summed E-state index contributed by atoms with van der Waals surface area (Å²) in [5.41, 5.74) is 0.500. The van der Waals surface area contributed by atoms with E-state index in [2.05, 4.69) is 25.0 Å². The van der Waals surface area contributed by atoms with E-state index in [0.29, 0.717) is 11.7 Å². The Morgan fingerprint density at radius 1 is 1.14 bits per heavy atom. The van der Waals surface area contributed by atoms with Gasteiger partial charge in [-0.05, 0) is 19.8 Å². The fourth-order valence-corrected chi connectivity index (χ4v) is 3.10. The first kappa shape index (κ1) is 10.5. The van der Waals surface area contributed by atoms with Crippen molar-refractivity contribution in [2.45, 2.75) is 63.6 Å². The van der Waals surface area contributed by atoms with Crippen molar-refractivity contribution in [1.29, 1.82) is 0 Å².